The molecule has 0 spiro atoms. The Hall–Kier alpha value is -1.74. The molecule has 0 aliphatic heterocycles. The highest BCUT2D eigenvalue weighted by atomic mass is 16.5. The van der Waals surface area contributed by atoms with Gasteiger partial charge in [-0.3, -0.25) is 0 Å². The molecule has 1 heterocycles. The lowest BCUT2D eigenvalue weighted by Crippen LogP contribution is -2.34. The van der Waals surface area contributed by atoms with Gasteiger partial charge in [-0.25, -0.2) is 0 Å². The first kappa shape index (κ1) is 14.7. The van der Waals surface area contributed by atoms with Crippen molar-refractivity contribution in [2.24, 2.45) is 0 Å². The lowest BCUT2D eigenvalue weighted by Gasteiger charge is -2.19. The Morgan fingerprint density at radius 3 is 2.35 bits per heavy atom. The van der Waals surface area contributed by atoms with Gasteiger partial charge >= 0.3 is 0 Å². The van der Waals surface area contributed by atoms with Crippen LogP contribution in [-0.4, -0.2) is 17.2 Å². The topological polar surface area (TPSA) is 26.2 Å². The Kier molecular flexibility index (Phi) is 4.50. The van der Waals surface area contributed by atoms with E-state index in [0.717, 1.165) is 18.8 Å². The van der Waals surface area contributed by atoms with Gasteiger partial charge in [0, 0.05) is 31.0 Å². The number of hydrogen-bond acceptors (Lipinski definition) is 2. The summed E-state index contributed by atoms with van der Waals surface area (Å²) in [5.41, 5.74) is 2.74. The predicted molar refractivity (Wildman–Crippen MR) is 83.1 cm³/mol. The van der Waals surface area contributed by atoms with Crippen LogP contribution < -0.4 is 10.1 Å². The monoisotopic (exact) mass is 272 g/mol. The summed E-state index contributed by atoms with van der Waals surface area (Å²) in [4.78, 5) is 0. The van der Waals surface area contributed by atoms with E-state index in [1.165, 1.54) is 11.1 Å². The van der Waals surface area contributed by atoms with Crippen molar-refractivity contribution < 1.29 is 4.74 Å². The van der Waals surface area contributed by atoms with Gasteiger partial charge in [-0.2, -0.15) is 0 Å². The van der Waals surface area contributed by atoms with Crippen molar-refractivity contribution in [3.8, 4) is 5.75 Å². The third-order valence-electron chi connectivity index (χ3n) is 3.16. The molecular formula is C17H24N2O. The number of benzene rings is 1. The normalized spacial score (nSPS) is 11.6. The van der Waals surface area contributed by atoms with Crippen molar-refractivity contribution in [1.29, 1.82) is 0 Å². The number of ether oxygens (including phenoxy) is 1. The van der Waals surface area contributed by atoms with Crippen LogP contribution in [0.15, 0.2) is 42.7 Å². The quantitative estimate of drug-likeness (QED) is 0.902. The van der Waals surface area contributed by atoms with Crippen molar-refractivity contribution in [2.75, 3.05) is 7.11 Å². The van der Waals surface area contributed by atoms with Gasteiger partial charge in [0.05, 0.1) is 7.11 Å². The predicted octanol–water partition coefficient (Wildman–Crippen LogP) is 3.43. The minimum Gasteiger partial charge on any atom is -0.497 e. The maximum absolute atomic E-state index is 5.17. The number of rotatable bonds is 5. The summed E-state index contributed by atoms with van der Waals surface area (Å²) < 4.78 is 7.38. The second-order valence-corrected chi connectivity index (χ2v) is 6.14. The second kappa shape index (κ2) is 6.14. The minimum absolute atomic E-state index is 0.151. The van der Waals surface area contributed by atoms with Crippen LogP contribution in [-0.2, 0) is 13.1 Å². The van der Waals surface area contributed by atoms with Crippen LogP contribution in [0.1, 0.15) is 31.9 Å². The number of nitrogens with zero attached hydrogens (tertiary/aromatic N) is 1. The molecule has 2 aromatic rings. The molecule has 0 amide bonds. The van der Waals surface area contributed by atoms with Crippen molar-refractivity contribution in [1.82, 2.24) is 9.88 Å². The summed E-state index contributed by atoms with van der Waals surface area (Å²) in [5.74, 6) is 0.899. The van der Waals surface area contributed by atoms with Gasteiger partial charge in [0.1, 0.15) is 5.75 Å². The molecule has 0 aliphatic carbocycles. The molecule has 0 aliphatic rings. The lowest BCUT2D eigenvalue weighted by atomic mass is 10.1. The van der Waals surface area contributed by atoms with Crippen LogP contribution in [0.25, 0.3) is 0 Å². The Morgan fingerprint density at radius 1 is 1.05 bits per heavy atom. The Morgan fingerprint density at radius 2 is 1.75 bits per heavy atom. The molecular weight excluding hydrogens is 248 g/mol. The van der Waals surface area contributed by atoms with Crippen LogP contribution in [0.5, 0.6) is 5.75 Å². The van der Waals surface area contributed by atoms with Crippen molar-refractivity contribution in [3.05, 3.63) is 53.9 Å². The molecule has 3 nitrogen and oxygen atoms in total. The first-order valence-corrected chi connectivity index (χ1v) is 6.99. The highest BCUT2D eigenvalue weighted by Crippen LogP contribution is 2.13. The number of hydrogen-bond donors (Lipinski definition) is 1. The Balaban J connectivity index is 1.94. The lowest BCUT2D eigenvalue weighted by molar-refractivity contribution is 0.414. The summed E-state index contributed by atoms with van der Waals surface area (Å²) in [6.07, 6.45) is 4.33. The zero-order chi connectivity index (χ0) is 14.6. The van der Waals surface area contributed by atoms with E-state index >= 15 is 0 Å². The largest absolute Gasteiger partial charge is 0.497 e. The third kappa shape index (κ3) is 4.42. The van der Waals surface area contributed by atoms with E-state index in [1.807, 2.05) is 12.1 Å². The second-order valence-electron chi connectivity index (χ2n) is 6.14. The Bertz CT molecular complexity index is 535. The zero-order valence-corrected chi connectivity index (χ0v) is 12.8. The van der Waals surface area contributed by atoms with E-state index in [4.69, 9.17) is 4.74 Å². The first-order valence-electron chi connectivity index (χ1n) is 6.99. The fraction of sp³-hybridized carbons (Fsp3) is 0.412. The SMILES string of the molecule is COc1ccc(Cn2ccc(CNC(C)(C)C)c2)cc1. The van der Waals surface area contributed by atoms with Gasteiger partial charge in [0.25, 0.3) is 0 Å². The summed E-state index contributed by atoms with van der Waals surface area (Å²) in [5, 5.41) is 3.50. The van der Waals surface area contributed by atoms with Crippen LogP contribution in [0.2, 0.25) is 0 Å². The smallest absolute Gasteiger partial charge is 0.118 e. The van der Waals surface area contributed by atoms with Gasteiger partial charge in [-0.1, -0.05) is 12.1 Å². The molecule has 0 fully saturated rings. The van der Waals surface area contributed by atoms with E-state index < -0.39 is 0 Å². The molecule has 1 aromatic carbocycles. The van der Waals surface area contributed by atoms with Crippen molar-refractivity contribution in [3.63, 3.8) is 0 Å². The molecule has 1 N–H and O–H groups in total. The molecule has 0 unspecified atom stereocenters. The number of nitrogens with one attached hydrogen (secondary N) is 1. The Labute approximate surface area is 121 Å². The standard InChI is InChI=1S/C17H24N2O/c1-17(2,3)18-11-15-9-10-19(13-15)12-14-5-7-16(20-4)8-6-14/h5-10,13,18H,11-12H2,1-4H3. The minimum atomic E-state index is 0.151. The van der Waals surface area contributed by atoms with Gasteiger partial charge in [-0.15, -0.1) is 0 Å². The molecule has 0 saturated heterocycles. The van der Waals surface area contributed by atoms with E-state index in [1.54, 1.807) is 7.11 Å². The van der Waals surface area contributed by atoms with Gasteiger partial charge in [0.15, 0.2) is 0 Å². The maximum atomic E-state index is 5.17. The fourth-order valence-electron chi connectivity index (χ4n) is 2.00. The molecule has 0 saturated carbocycles. The van der Waals surface area contributed by atoms with Gasteiger partial charge in [-0.05, 0) is 50.1 Å². The maximum Gasteiger partial charge on any atom is 0.118 e. The van der Waals surface area contributed by atoms with Gasteiger partial charge < -0.3 is 14.6 Å². The van der Waals surface area contributed by atoms with Crippen LogP contribution in [0.4, 0.5) is 0 Å². The molecule has 0 radical (unpaired) electrons. The summed E-state index contributed by atoms with van der Waals surface area (Å²) in [6, 6.07) is 10.4. The fourth-order valence-corrected chi connectivity index (χ4v) is 2.00. The molecule has 0 bridgehead atoms. The van der Waals surface area contributed by atoms with Crippen LogP contribution in [0.3, 0.4) is 0 Å². The molecule has 3 heteroatoms. The van der Waals surface area contributed by atoms with E-state index in [0.29, 0.717) is 0 Å². The summed E-state index contributed by atoms with van der Waals surface area (Å²) >= 11 is 0. The number of methoxy groups -OCH3 is 1. The molecule has 108 valence electrons. The molecule has 2 rings (SSSR count). The molecule has 0 atom stereocenters. The van der Waals surface area contributed by atoms with E-state index in [2.05, 4.69) is 61.2 Å². The summed E-state index contributed by atoms with van der Waals surface area (Å²) in [6.45, 7) is 8.34. The van der Waals surface area contributed by atoms with E-state index in [-0.39, 0.29) is 5.54 Å². The van der Waals surface area contributed by atoms with Crippen molar-refractivity contribution >= 4 is 0 Å². The highest BCUT2D eigenvalue weighted by molar-refractivity contribution is 5.27. The molecule has 1 aromatic heterocycles. The number of aromatic nitrogens is 1. The zero-order valence-electron chi connectivity index (χ0n) is 12.8. The third-order valence-corrected chi connectivity index (χ3v) is 3.16. The first-order chi connectivity index (χ1) is 9.46. The average molecular weight is 272 g/mol. The van der Waals surface area contributed by atoms with Crippen molar-refractivity contribution in [2.45, 2.75) is 39.4 Å². The average Bonchev–Trinajstić information content (AvgIpc) is 2.84. The van der Waals surface area contributed by atoms with Gasteiger partial charge in [0.2, 0.25) is 0 Å². The summed E-state index contributed by atoms with van der Waals surface area (Å²) in [7, 11) is 1.69. The molecule has 20 heavy (non-hydrogen) atoms. The van der Waals surface area contributed by atoms with Crippen LogP contribution >= 0.6 is 0 Å². The highest BCUT2D eigenvalue weighted by Gasteiger charge is 2.08. The van der Waals surface area contributed by atoms with Crippen LogP contribution in [0, 0.1) is 0 Å². The van der Waals surface area contributed by atoms with E-state index in [9.17, 15) is 0 Å².